The van der Waals surface area contributed by atoms with E-state index in [1.165, 1.54) is 10.4 Å². The maximum absolute atomic E-state index is 6.92. The molecule has 2 aromatic carbocycles. The molecule has 1 unspecified atom stereocenters. The molecule has 2 aromatic rings. The average molecular weight is 385 g/mol. The molecule has 2 aliphatic heterocycles. The van der Waals surface area contributed by atoms with Crippen molar-refractivity contribution in [3.05, 3.63) is 60.7 Å². The van der Waals surface area contributed by atoms with Crippen LogP contribution in [0.2, 0.25) is 5.04 Å². The van der Waals surface area contributed by atoms with Crippen LogP contribution in [0.4, 0.5) is 0 Å². The number of rotatable bonds is 6. The molecule has 0 saturated carbocycles. The highest BCUT2D eigenvalue weighted by molar-refractivity contribution is 6.99. The van der Waals surface area contributed by atoms with Crippen molar-refractivity contribution in [3.63, 3.8) is 0 Å². The highest BCUT2D eigenvalue weighted by Crippen LogP contribution is 2.41. The van der Waals surface area contributed by atoms with Crippen molar-refractivity contribution in [2.24, 2.45) is 0 Å². The second kappa shape index (κ2) is 7.15. The number of methoxy groups -OCH3 is 1. The maximum atomic E-state index is 6.92. The normalized spacial score (nSPS) is 27.4. The first-order valence-corrected chi connectivity index (χ1v) is 11.5. The van der Waals surface area contributed by atoms with E-state index in [4.69, 9.17) is 18.6 Å². The van der Waals surface area contributed by atoms with Gasteiger partial charge in [0.2, 0.25) is 0 Å². The third-order valence-corrected chi connectivity index (χ3v) is 10.6. The quantitative estimate of drug-likeness (QED) is 0.567. The molecule has 5 heteroatoms. The van der Waals surface area contributed by atoms with Crippen LogP contribution < -0.4 is 10.4 Å². The number of hydrogen-bond donors (Lipinski definition) is 0. The lowest BCUT2D eigenvalue weighted by Gasteiger charge is -2.43. The van der Waals surface area contributed by atoms with E-state index in [-0.39, 0.29) is 29.6 Å². The molecular formula is C22H28O4Si. The first kappa shape index (κ1) is 18.8. The third-order valence-electron chi connectivity index (χ3n) is 5.62. The molecule has 2 fully saturated rings. The Bertz CT molecular complexity index is 719. The van der Waals surface area contributed by atoms with Gasteiger partial charge in [0, 0.05) is 7.11 Å². The fourth-order valence-corrected chi connectivity index (χ4v) is 8.84. The van der Waals surface area contributed by atoms with Crippen LogP contribution in [0.1, 0.15) is 20.8 Å². The molecule has 0 aromatic heterocycles. The predicted molar refractivity (Wildman–Crippen MR) is 108 cm³/mol. The monoisotopic (exact) mass is 384 g/mol. The Hall–Kier alpha value is -1.50. The molecule has 0 bridgehead atoms. The smallest absolute Gasteiger partial charge is 0.261 e. The minimum absolute atomic E-state index is 0.0429. The van der Waals surface area contributed by atoms with E-state index < -0.39 is 8.32 Å². The number of benzene rings is 2. The molecule has 2 heterocycles. The zero-order valence-electron chi connectivity index (χ0n) is 16.4. The summed E-state index contributed by atoms with van der Waals surface area (Å²) in [5, 5.41) is 2.51. The van der Waals surface area contributed by atoms with Crippen molar-refractivity contribution >= 4 is 18.7 Å². The van der Waals surface area contributed by atoms with Crippen LogP contribution >= 0.6 is 0 Å². The Morgan fingerprint density at radius 3 is 1.85 bits per heavy atom. The lowest BCUT2D eigenvalue weighted by Crippen LogP contribution is -2.67. The molecule has 144 valence electrons. The largest absolute Gasteiger partial charge is 0.405 e. The van der Waals surface area contributed by atoms with Crippen molar-refractivity contribution in [2.75, 3.05) is 13.7 Å². The third kappa shape index (κ3) is 3.28. The van der Waals surface area contributed by atoms with Gasteiger partial charge in [0.25, 0.3) is 8.32 Å². The molecule has 27 heavy (non-hydrogen) atoms. The van der Waals surface area contributed by atoms with Gasteiger partial charge in [0.15, 0.2) is 6.29 Å². The highest BCUT2D eigenvalue weighted by Gasteiger charge is 2.60. The molecule has 4 nitrogen and oxygen atoms in total. The number of ether oxygens (including phenoxy) is 3. The van der Waals surface area contributed by atoms with Crippen molar-refractivity contribution in [1.82, 2.24) is 0 Å². The van der Waals surface area contributed by atoms with Gasteiger partial charge in [-0.25, -0.2) is 0 Å². The molecule has 0 aliphatic carbocycles. The predicted octanol–water partition coefficient (Wildman–Crippen LogP) is 2.70. The Balaban J connectivity index is 1.70. The van der Waals surface area contributed by atoms with Crippen LogP contribution in [-0.2, 0) is 18.6 Å². The molecule has 4 atom stereocenters. The molecule has 0 spiro atoms. The Labute approximate surface area is 162 Å². The molecule has 0 N–H and O–H groups in total. The van der Waals surface area contributed by atoms with E-state index in [1.54, 1.807) is 7.11 Å². The summed E-state index contributed by atoms with van der Waals surface area (Å²) in [5.41, 5.74) is 0. The van der Waals surface area contributed by atoms with E-state index in [9.17, 15) is 0 Å². The summed E-state index contributed by atoms with van der Waals surface area (Å²) in [5.74, 6) is 0. The van der Waals surface area contributed by atoms with Crippen molar-refractivity contribution in [1.29, 1.82) is 0 Å². The van der Waals surface area contributed by atoms with Gasteiger partial charge in [-0.3, -0.25) is 0 Å². The zero-order valence-corrected chi connectivity index (χ0v) is 17.4. The zero-order chi connectivity index (χ0) is 19.1. The minimum Gasteiger partial charge on any atom is -0.405 e. The molecule has 0 amide bonds. The summed E-state index contributed by atoms with van der Waals surface area (Å²) in [4.78, 5) is 0. The summed E-state index contributed by atoms with van der Waals surface area (Å²) in [6.07, 6.45) is -0.208. The van der Waals surface area contributed by atoms with Gasteiger partial charge >= 0.3 is 0 Å². The van der Waals surface area contributed by atoms with Gasteiger partial charge < -0.3 is 18.6 Å². The molecular weight excluding hydrogens is 356 g/mol. The topological polar surface area (TPSA) is 40.2 Å². The van der Waals surface area contributed by atoms with Crippen molar-refractivity contribution < 1.29 is 18.6 Å². The van der Waals surface area contributed by atoms with Gasteiger partial charge in [-0.05, 0) is 15.4 Å². The van der Waals surface area contributed by atoms with Gasteiger partial charge in [0.05, 0.1) is 6.61 Å². The van der Waals surface area contributed by atoms with Gasteiger partial charge in [-0.2, -0.15) is 0 Å². The molecule has 4 rings (SSSR count). The Morgan fingerprint density at radius 2 is 1.41 bits per heavy atom. The van der Waals surface area contributed by atoms with E-state index in [0.29, 0.717) is 6.61 Å². The van der Waals surface area contributed by atoms with Crippen LogP contribution in [0.5, 0.6) is 0 Å². The molecule has 0 radical (unpaired) electrons. The van der Waals surface area contributed by atoms with E-state index in [1.807, 2.05) is 0 Å². The summed E-state index contributed by atoms with van der Waals surface area (Å²) < 4.78 is 24.0. The van der Waals surface area contributed by atoms with E-state index >= 15 is 0 Å². The fraction of sp³-hybridized carbons (Fsp3) is 0.455. The summed E-state index contributed by atoms with van der Waals surface area (Å²) in [7, 11) is -0.875. The van der Waals surface area contributed by atoms with E-state index in [0.717, 1.165) is 0 Å². The van der Waals surface area contributed by atoms with Crippen LogP contribution in [0.3, 0.4) is 0 Å². The lowest BCUT2D eigenvalue weighted by molar-refractivity contribution is -0.165. The van der Waals surface area contributed by atoms with E-state index in [2.05, 4.69) is 81.4 Å². The Morgan fingerprint density at radius 1 is 0.852 bits per heavy atom. The van der Waals surface area contributed by atoms with Gasteiger partial charge in [0.1, 0.15) is 18.3 Å². The molecule has 2 aliphatic rings. The standard InChI is InChI=1S/C22H28O4Si/c1-22(2,3)27(16-11-7-5-8-12-16,17-13-9-6-10-14-17)24-15-18-19-20(26-19)21(23-4)25-18/h5-14,18-21H,15H2,1-4H3/t18-,19-,20?,21-/m1/s1. The van der Waals surface area contributed by atoms with Crippen LogP contribution in [0.25, 0.3) is 0 Å². The molecule has 2 saturated heterocycles. The second-order valence-electron chi connectivity index (χ2n) is 8.32. The first-order valence-electron chi connectivity index (χ1n) is 9.56. The minimum atomic E-state index is -2.54. The number of fused-ring (bicyclic) bond motifs is 1. The van der Waals surface area contributed by atoms with Crippen LogP contribution in [0.15, 0.2) is 60.7 Å². The SMILES string of the molecule is CO[C@@H]1O[C@H](CO[Si](c2ccccc2)(c2ccccc2)C(C)(C)C)[C@H]2OC12. The van der Waals surface area contributed by atoms with Gasteiger partial charge in [-0.15, -0.1) is 0 Å². The fourth-order valence-electron chi connectivity index (χ4n) is 4.27. The summed E-state index contributed by atoms with van der Waals surface area (Å²) in [6.45, 7) is 7.35. The summed E-state index contributed by atoms with van der Waals surface area (Å²) in [6, 6.07) is 21.3. The lowest BCUT2D eigenvalue weighted by atomic mass is 10.2. The van der Waals surface area contributed by atoms with Crippen LogP contribution in [0, 0.1) is 0 Å². The number of epoxide rings is 1. The number of hydrogen-bond acceptors (Lipinski definition) is 4. The van der Waals surface area contributed by atoms with Gasteiger partial charge in [-0.1, -0.05) is 81.4 Å². The Kier molecular flexibility index (Phi) is 4.99. The highest BCUT2D eigenvalue weighted by atomic mass is 28.4. The second-order valence-corrected chi connectivity index (χ2v) is 12.6. The summed E-state index contributed by atoms with van der Waals surface area (Å²) >= 11 is 0. The van der Waals surface area contributed by atoms with Crippen molar-refractivity contribution in [3.8, 4) is 0 Å². The van der Waals surface area contributed by atoms with Crippen LogP contribution in [-0.4, -0.2) is 46.6 Å². The average Bonchev–Trinajstić information content (AvgIpc) is 3.39. The maximum Gasteiger partial charge on any atom is 0.261 e. The first-order chi connectivity index (χ1) is 13.0. The van der Waals surface area contributed by atoms with Crippen molar-refractivity contribution in [2.45, 2.75) is 50.4 Å².